The topological polar surface area (TPSA) is 41.5 Å². The first-order valence-electron chi connectivity index (χ1n) is 7.29. The van der Waals surface area contributed by atoms with Crippen LogP contribution < -0.4 is 5.32 Å². The molecule has 1 heterocycles. The zero-order valence-corrected chi connectivity index (χ0v) is 13.4. The largest absolute Gasteiger partial charge is 0.300 e. The zero-order valence-electron chi connectivity index (χ0n) is 12.5. The molecule has 0 aromatic heterocycles. The number of hydrogen-bond acceptors (Lipinski definition) is 3. The van der Waals surface area contributed by atoms with Crippen LogP contribution >= 0.6 is 11.8 Å². The minimum Gasteiger partial charge on any atom is -0.300 e. The molecular weight excluding hydrogens is 311 g/mol. The molecule has 5 heteroatoms. The van der Waals surface area contributed by atoms with Crippen LogP contribution in [-0.2, 0) is 11.2 Å². The molecule has 1 aliphatic heterocycles. The number of nitrogens with zero attached hydrogens (tertiary/aromatic N) is 1. The van der Waals surface area contributed by atoms with Gasteiger partial charge in [-0.25, -0.2) is 9.38 Å². The number of rotatable bonds is 3. The Morgan fingerprint density at radius 3 is 2.83 bits per heavy atom. The van der Waals surface area contributed by atoms with E-state index in [1.54, 1.807) is 18.2 Å². The second-order valence-electron chi connectivity index (χ2n) is 5.02. The third kappa shape index (κ3) is 3.68. The van der Waals surface area contributed by atoms with Gasteiger partial charge in [0, 0.05) is 0 Å². The molecule has 0 bridgehead atoms. The number of para-hydroxylation sites is 1. The summed E-state index contributed by atoms with van der Waals surface area (Å²) >= 11 is 1.26. The van der Waals surface area contributed by atoms with Crippen LogP contribution in [0.2, 0.25) is 0 Å². The lowest BCUT2D eigenvalue weighted by molar-refractivity contribution is -0.115. The molecule has 23 heavy (non-hydrogen) atoms. The van der Waals surface area contributed by atoms with Crippen LogP contribution in [0.1, 0.15) is 18.1 Å². The molecular formula is C18H15FN2OS. The van der Waals surface area contributed by atoms with Crippen molar-refractivity contribution in [1.82, 2.24) is 5.32 Å². The fourth-order valence-corrected chi connectivity index (χ4v) is 3.09. The number of aryl methyl sites for hydroxylation is 1. The molecule has 1 saturated heterocycles. The van der Waals surface area contributed by atoms with Gasteiger partial charge in [-0.05, 0) is 53.6 Å². The molecule has 0 aliphatic carbocycles. The van der Waals surface area contributed by atoms with Gasteiger partial charge in [0.1, 0.15) is 5.82 Å². The fraction of sp³-hybridized carbons (Fsp3) is 0.111. The Labute approximate surface area is 138 Å². The van der Waals surface area contributed by atoms with Gasteiger partial charge in [0.05, 0.1) is 10.6 Å². The predicted octanol–water partition coefficient (Wildman–Crippen LogP) is 4.28. The highest BCUT2D eigenvalue weighted by Gasteiger charge is 2.24. The van der Waals surface area contributed by atoms with E-state index in [2.05, 4.69) is 17.2 Å². The third-order valence-electron chi connectivity index (χ3n) is 3.39. The molecule has 2 aromatic carbocycles. The normalized spacial score (nSPS) is 17.7. The number of aliphatic imine (C=N–C) groups is 1. The first-order valence-corrected chi connectivity index (χ1v) is 8.10. The SMILES string of the molecule is CCc1ccccc1N=C1NC(=O)C(=Cc2cccc(F)c2)S1. The number of halogens is 1. The molecule has 3 rings (SSSR count). The van der Waals surface area contributed by atoms with Gasteiger partial charge >= 0.3 is 0 Å². The van der Waals surface area contributed by atoms with Gasteiger partial charge in [-0.15, -0.1) is 0 Å². The monoisotopic (exact) mass is 326 g/mol. The molecule has 0 unspecified atom stereocenters. The van der Waals surface area contributed by atoms with E-state index in [9.17, 15) is 9.18 Å². The third-order valence-corrected chi connectivity index (χ3v) is 4.30. The molecule has 1 aliphatic rings. The van der Waals surface area contributed by atoms with E-state index in [0.717, 1.165) is 17.7 Å². The van der Waals surface area contributed by atoms with Gasteiger partial charge in [-0.3, -0.25) is 4.79 Å². The molecule has 0 spiro atoms. The average Bonchev–Trinajstić information content (AvgIpc) is 2.87. The summed E-state index contributed by atoms with van der Waals surface area (Å²) < 4.78 is 13.2. The summed E-state index contributed by atoms with van der Waals surface area (Å²) in [5, 5.41) is 3.29. The van der Waals surface area contributed by atoms with Crippen molar-refractivity contribution in [3.63, 3.8) is 0 Å². The van der Waals surface area contributed by atoms with Crippen molar-refractivity contribution < 1.29 is 9.18 Å². The number of amidine groups is 1. The average molecular weight is 326 g/mol. The second-order valence-corrected chi connectivity index (χ2v) is 6.05. The summed E-state index contributed by atoms with van der Waals surface area (Å²) in [4.78, 5) is 17.1. The van der Waals surface area contributed by atoms with E-state index < -0.39 is 0 Å². The van der Waals surface area contributed by atoms with E-state index in [1.807, 2.05) is 24.3 Å². The number of thioether (sulfide) groups is 1. The molecule has 116 valence electrons. The van der Waals surface area contributed by atoms with Crippen LogP contribution in [0.25, 0.3) is 6.08 Å². The molecule has 2 aromatic rings. The summed E-state index contributed by atoms with van der Waals surface area (Å²) in [6.45, 7) is 2.06. The van der Waals surface area contributed by atoms with Crippen molar-refractivity contribution in [3.8, 4) is 0 Å². The van der Waals surface area contributed by atoms with Crippen molar-refractivity contribution >= 4 is 34.6 Å². The maximum absolute atomic E-state index is 13.2. The lowest BCUT2D eigenvalue weighted by Gasteiger charge is -2.02. The van der Waals surface area contributed by atoms with Crippen LogP contribution in [0, 0.1) is 5.82 Å². The second kappa shape index (κ2) is 6.79. The van der Waals surface area contributed by atoms with Crippen molar-refractivity contribution in [1.29, 1.82) is 0 Å². The maximum Gasteiger partial charge on any atom is 0.264 e. The lowest BCUT2D eigenvalue weighted by atomic mass is 10.1. The summed E-state index contributed by atoms with van der Waals surface area (Å²) in [5.74, 6) is -0.541. The number of carbonyl (C=O) groups is 1. The van der Waals surface area contributed by atoms with Gasteiger partial charge in [-0.2, -0.15) is 0 Å². The van der Waals surface area contributed by atoms with Gasteiger partial charge in [0.15, 0.2) is 5.17 Å². The Balaban J connectivity index is 1.86. The summed E-state index contributed by atoms with van der Waals surface area (Å²) in [7, 11) is 0. The quantitative estimate of drug-likeness (QED) is 0.855. The zero-order chi connectivity index (χ0) is 16.2. The van der Waals surface area contributed by atoms with Gasteiger partial charge in [0.25, 0.3) is 5.91 Å². The Kier molecular flexibility index (Phi) is 4.57. The van der Waals surface area contributed by atoms with E-state index >= 15 is 0 Å². The first kappa shape index (κ1) is 15.5. The molecule has 1 amide bonds. The molecule has 1 fully saturated rings. The Morgan fingerprint density at radius 2 is 2.04 bits per heavy atom. The number of nitrogens with one attached hydrogen (secondary N) is 1. The summed E-state index contributed by atoms with van der Waals surface area (Å²) in [6, 6.07) is 14.0. The van der Waals surface area contributed by atoms with Gasteiger partial charge < -0.3 is 5.32 Å². The van der Waals surface area contributed by atoms with Crippen molar-refractivity contribution in [3.05, 3.63) is 70.4 Å². The van der Waals surface area contributed by atoms with E-state index in [0.29, 0.717) is 15.6 Å². The van der Waals surface area contributed by atoms with Gasteiger partial charge in [0.2, 0.25) is 0 Å². The van der Waals surface area contributed by atoms with E-state index in [4.69, 9.17) is 0 Å². The van der Waals surface area contributed by atoms with Crippen LogP contribution in [0.4, 0.5) is 10.1 Å². The van der Waals surface area contributed by atoms with E-state index in [-0.39, 0.29) is 11.7 Å². The number of amides is 1. The predicted molar refractivity (Wildman–Crippen MR) is 93.0 cm³/mol. The first-order chi connectivity index (χ1) is 11.2. The van der Waals surface area contributed by atoms with Crippen LogP contribution in [0.3, 0.4) is 0 Å². The van der Waals surface area contributed by atoms with Crippen molar-refractivity contribution in [2.75, 3.05) is 0 Å². The lowest BCUT2D eigenvalue weighted by Crippen LogP contribution is -2.19. The Morgan fingerprint density at radius 1 is 1.22 bits per heavy atom. The van der Waals surface area contributed by atoms with Crippen LogP contribution in [0.15, 0.2) is 58.4 Å². The maximum atomic E-state index is 13.2. The minimum atomic E-state index is -0.325. The highest BCUT2D eigenvalue weighted by atomic mass is 32.2. The molecule has 0 atom stereocenters. The van der Waals surface area contributed by atoms with Crippen LogP contribution in [-0.4, -0.2) is 11.1 Å². The molecule has 0 saturated carbocycles. The molecule has 0 radical (unpaired) electrons. The number of hydrogen-bond donors (Lipinski definition) is 1. The molecule has 1 N–H and O–H groups in total. The van der Waals surface area contributed by atoms with Crippen molar-refractivity contribution in [2.45, 2.75) is 13.3 Å². The highest BCUT2D eigenvalue weighted by Crippen LogP contribution is 2.29. The smallest absolute Gasteiger partial charge is 0.264 e. The fourth-order valence-electron chi connectivity index (χ4n) is 2.26. The number of carbonyl (C=O) groups excluding carboxylic acids is 1. The van der Waals surface area contributed by atoms with E-state index in [1.165, 1.54) is 23.9 Å². The minimum absolute atomic E-state index is 0.216. The highest BCUT2D eigenvalue weighted by molar-refractivity contribution is 8.18. The summed E-state index contributed by atoms with van der Waals surface area (Å²) in [6.07, 6.45) is 2.54. The Bertz CT molecular complexity index is 814. The summed E-state index contributed by atoms with van der Waals surface area (Å²) in [5.41, 5.74) is 2.63. The molecule has 3 nitrogen and oxygen atoms in total. The standard InChI is InChI=1S/C18H15FN2OS/c1-2-13-7-3-4-9-15(13)20-18-21-17(22)16(23-18)11-12-6-5-8-14(19)10-12/h3-11H,2H2,1H3,(H,20,21,22). The van der Waals surface area contributed by atoms with Gasteiger partial charge in [-0.1, -0.05) is 37.3 Å². The Hall–Kier alpha value is -2.40. The number of benzene rings is 2. The van der Waals surface area contributed by atoms with Crippen LogP contribution in [0.5, 0.6) is 0 Å². The van der Waals surface area contributed by atoms with Crippen molar-refractivity contribution in [2.24, 2.45) is 4.99 Å².